The number of anilines is 1. The van der Waals surface area contributed by atoms with E-state index >= 15 is 0 Å². The van der Waals surface area contributed by atoms with Gasteiger partial charge in [0.05, 0.1) is 23.2 Å². The van der Waals surface area contributed by atoms with Gasteiger partial charge in [-0.15, -0.1) is 4.68 Å². The zero-order valence-electron chi connectivity index (χ0n) is 15.8. The highest BCUT2D eigenvalue weighted by atomic mass is 16.5. The van der Waals surface area contributed by atoms with Crippen LogP contribution in [0.4, 0.5) is 5.69 Å². The highest BCUT2D eigenvalue weighted by Gasteiger charge is 2.09. The van der Waals surface area contributed by atoms with Gasteiger partial charge in [0.25, 0.3) is 5.56 Å². The van der Waals surface area contributed by atoms with E-state index in [9.17, 15) is 9.59 Å². The highest BCUT2D eigenvalue weighted by Crippen LogP contribution is 2.24. The molecule has 0 aliphatic heterocycles. The fourth-order valence-electron chi connectivity index (χ4n) is 2.64. The average Bonchev–Trinajstić information content (AvgIpc) is 2.62. The first-order chi connectivity index (χ1) is 12.9. The molecule has 0 aliphatic carbocycles. The summed E-state index contributed by atoms with van der Waals surface area (Å²) in [5, 5.41) is 4.51. The molecule has 7 nitrogen and oxygen atoms in total. The molecule has 0 unspecified atom stereocenters. The molecule has 27 heavy (non-hydrogen) atoms. The molecule has 0 aliphatic rings. The van der Waals surface area contributed by atoms with Gasteiger partial charge in [0.2, 0.25) is 0 Å². The Morgan fingerprint density at radius 2 is 1.89 bits per heavy atom. The molecule has 0 spiro atoms. The van der Waals surface area contributed by atoms with Crippen molar-refractivity contribution >= 4 is 22.8 Å². The molecule has 0 radical (unpaired) electrons. The first-order valence-corrected chi connectivity index (χ1v) is 8.63. The maximum atomic E-state index is 12.6. The van der Waals surface area contributed by atoms with Gasteiger partial charge < -0.3 is 14.6 Å². The summed E-state index contributed by atoms with van der Waals surface area (Å²) in [5.41, 5.74) is 1.07. The van der Waals surface area contributed by atoms with Crippen molar-refractivity contribution in [1.29, 1.82) is 0 Å². The molecule has 0 amide bonds. The summed E-state index contributed by atoms with van der Waals surface area (Å²) in [6.07, 6.45) is 1.43. The van der Waals surface area contributed by atoms with Crippen LogP contribution < -0.4 is 20.9 Å². The highest BCUT2D eigenvalue weighted by molar-refractivity contribution is 5.85. The van der Waals surface area contributed by atoms with Crippen LogP contribution in [0.2, 0.25) is 0 Å². The monoisotopic (exact) mass is 366 g/mol. The number of para-hydroxylation sites is 1. The number of aromatic nitrogens is 2. The van der Waals surface area contributed by atoms with Gasteiger partial charge in [-0.25, -0.2) is 4.79 Å². The van der Waals surface area contributed by atoms with E-state index in [1.165, 1.54) is 6.21 Å². The normalized spacial score (nSPS) is 11.4. The summed E-state index contributed by atoms with van der Waals surface area (Å²) in [6.45, 7) is 3.86. The van der Waals surface area contributed by atoms with Crippen LogP contribution in [0.5, 0.6) is 5.75 Å². The lowest BCUT2D eigenvalue weighted by Gasteiger charge is -2.17. The summed E-state index contributed by atoms with van der Waals surface area (Å²) in [5.74, 6) is 0.630. The van der Waals surface area contributed by atoms with E-state index in [4.69, 9.17) is 4.74 Å². The second kappa shape index (κ2) is 7.49. The predicted octanol–water partition coefficient (Wildman–Crippen LogP) is 2.43. The van der Waals surface area contributed by atoms with Crippen LogP contribution >= 0.6 is 0 Å². The Morgan fingerprint density at radius 3 is 2.59 bits per heavy atom. The number of rotatable bonds is 5. The first kappa shape index (κ1) is 18.4. The quantitative estimate of drug-likeness (QED) is 0.704. The molecule has 1 N–H and O–H groups in total. The number of nitrogens with one attached hydrogen (secondary N) is 1. The summed E-state index contributed by atoms with van der Waals surface area (Å²) in [6, 6.07) is 12.5. The lowest BCUT2D eigenvalue weighted by Crippen LogP contribution is -2.32. The molecule has 2 aromatic carbocycles. The molecule has 140 valence electrons. The van der Waals surface area contributed by atoms with Crippen molar-refractivity contribution in [1.82, 2.24) is 9.66 Å². The van der Waals surface area contributed by atoms with Crippen molar-refractivity contribution in [2.45, 2.75) is 20.0 Å². The number of nitrogens with zero attached hydrogens (tertiary/aromatic N) is 3. The van der Waals surface area contributed by atoms with Crippen LogP contribution in [-0.2, 0) is 0 Å². The lowest BCUT2D eigenvalue weighted by molar-refractivity contribution is 0.242. The molecule has 0 fully saturated rings. The van der Waals surface area contributed by atoms with E-state index in [-0.39, 0.29) is 6.10 Å². The van der Waals surface area contributed by atoms with E-state index in [2.05, 4.69) is 10.1 Å². The van der Waals surface area contributed by atoms with Crippen LogP contribution in [-0.4, -0.2) is 36.1 Å². The van der Waals surface area contributed by atoms with Crippen molar-refractivity contribution in [3.8, 4) is 5.75 Å². The number of hydrogen-bond acceptors (Lipinski definition) is 5. The van der Waals surface area contributed by atoms with Crippen molar-refractivity contribution in [2.24, 2.45) is 5.10 Å². The third-order valence-electron chi connectivity index (χ3n) is 3.97. The number of benzene rings is 2. The number of fused-ring (bicyclic) bond motifs is 1. The van der Waals surface area contributed by atoms with Gasteiger partial charge >= 0.3 is 5.69 Å². The molecular weight excluding hydrogens is 344 g/mol. The zero-order valence-corrected chi connectivity index (χ0v) is 15.8. The second-order valence-electron chi connectivity index (χ2n) is 6.62. The summed E-state index contributed by atoms with van der Waals surface area (Å²) >= 11 is 0. The third-order valence-corrected chi connectivity index (χ3v) is 3.97. The Balaban J connectivity index is 2.07. The van der Waals surface area contributed by atoms with Crippen LogP contribution in [0.15, 0.2) is 57.2 Å². The minimum Gasteiger partial charge on any atom is -0.490 e. The summed E-state index contributed by atoms with van der Waals surface area (Å²) in [7, 11) is 3.88. The van der Waals surface area contributed by atoms with Crippen molar-refractivity contribution < 1.29 is 4.74 Å². The minimum absolute atomic E-state index is 0.0265. The molecule has 3 aromatic rings. The van der Waals surface area contributed by atoms with Crippen molar-refractivity contribution in [3.05, 3.63) is 68.9 Å². The topological polar surface area (TPSA) is 79.7 Å². The van der Waals surface area contributed by atoms with E-state index in [0.29, 0.717) is 22.2 Å². The Labute approximate surface area is 156 Å². The van der Waals surface area contributed by atoms with Gasteiger partial charge in [-0.2, -0.15) is 5.10 Å². The molecular formula is C20H22N4O3. The van der Waals surface area contributed by atoms with Gasteiger partial charge in [0, 0.05) is 31.4 Å². The van der Waals surface area contributed by atoms with Crippen LogP contribution in [0.1, 0.15) is 19.4 Å². The first-order valence-electron chi connectivity index (χ1n) is 8.63. The number of aromatic amines is 1. The number of ether oxygens (including phenoxy) is 1. The Bertz CT molecular complexity index is 1110. The second-order valence-corrected chi connectivity index (χ2v) is 6.62. The summed E-state index contributed by atoms with van der Waals surface area (Å²) < 4.78 is 6.68. The van der Waals surface area contributed by atoms with Gasteiger partial charge in [-0.05, 0) is 38.1 Å². The largest absolute Gasteiger partial charge is 0.490 e. The molecule has 0 saturated heterocycles. The fourth-order valence-corrected chi connectivity index (χ4v) is 2.64. The standard InChI is InChI=1S/C20H22N4O3/c1-13(2)27-18-11-15(23(3)4)10-9-14(18)12-21-24-19(25)16-7-5-6-8-17(16)22-20(24)26/h5-13H,1-4H3,(H,22,26). The van der Waals surface area contributed by atoms with E-state index in [0.717, 1.165) is 10.4 Å². The SMILES string of the molecule is CC(C)Oc1cc(N(C)C)ccc1C=Nn1c(=O)[nH]c2ccccc2c1=O. The van der Waals surface area contributed by atoms with Crippen molar-refractivity contribution in [2.75, 3.05) is 19.0 Å². The molecule has 0 atom stereocenters. The van der Waals surface area contributed by atoms with Gasteiger partial charge in [0.15, 0.2) is 0 Å². The lowest BCUT2D eigenvalue weighted by atomic mass is 10.2. The van der Waals surface area contributed by atoms with E-state index in [1.54, 1.807) is 24.3 Å². The number of H-pyrrole nitrogens is 1. The molecule has 1 heterocycles. The molecule has 7 heteroatoms. The fraction of sp³-hybridized carbons (Fsp3) is 0.250. The minimum atomic E-state index is -0.591. The molecule has 1 aromatic heterocycles. The van der Waals surface area contributed by atoms with E-state index in [1.807, 2.05) is 51.0 Å². The Kier molecular flexibility index (Phi) is 5.12. The predicted molar refractivity (Wildman–Crippen MR) is 108 cm³/mol. The maximum absolute atomic E-state index is 12.6. The number of hydrogen-bond donors (Lipinski definition) is 1. The Hall–Kier alpha value is -3.35. The van der Waals surface area contributed by atoms with E-state index < -0.39 is 11.2 Å². The van der Waals surface area contributed by atoms with Crippen LogP contribution in [0, 0.1) is 0 Å². The van der Waals surface area contributed by atoms with Gasteiger partial charge in [-0.1, -0.05) is 12.1 Å². The molecule has 3 rings (SSSR count). The molecule has 0 saturated carbocycles. The van der Waals surface area contributed by atoms with Crippen LogP contribution in [0.3, 0.4) is 0 Å². The van der Waals surface area contributed by atoms with Crippen molar-refractivity contribution in [3.63, 3.8) is 0 Å². The smallest absolute Gasteiger partial charge is 0.349 e. The summed E-state index contributed by atoms with van der Waals surface area (Å²) in [4.78, 5) is 29.4. The maximum Gasteiger partial charge on any atom is 0.349 e. The van der Waals surface area contributed by atoms with Gasteiger partial charge in [0.1, 0.15) is 5.75 Å². The average molecular weight is 366 g/mol. The van der Waals surface area contributed by atoms with Crippen LogP contribution in [0.25, 0.3) is 10.9 Å². The van der Waals surface area contributed by atoms with Gasteiger partial charge in [-0.3, -0.25) is 4.79 Å². The molecule has 0 bridgehead atoms. The third kappa shape index (κ3) is 3.92. The Morgan fingerprint density at radius 1 is 1.15 bits per heavy atom. The zero-order chi connectivity index (χ0) is 19.6.